The van der Waals surface area contributed by atoms with E-state index in [9.17, 15) is 4.79 Å². The first-order valence-electron chi connectivity index (χ1n) is 4.84. The largest absolute Gasteiger partial charge is 0.389 e. The lowest BCUT2D eigenvalue weighted by Crippen LogP contribution is -2.18. The highest BCUT2D eigenvalue weighted by Crippen LogP contribution is 2.21. The number of carbonyl (C=O) groups excluding carboxylic acids is 1. The van der Waals surface area contributed by atoms with Crippen molar-refractivity contribution in [2.24, 2.45) is 5.73 Å². The van der Waals surface area contributed by atoms with Crippen LogP contribution in [0.1, 0.15) is 16.1 Å². The molecule has 92 valence electrons. The van der Waals surface area contributed by atoms with Gasteiger partial charge >= 0.3 is 0 Å². The summed E-state index contributed by atoms with van der Waals surface area (Å²) in [5.74, 6) is -0.386. The summed E-state index contributed by atoms with van der Waals surface area (Å²) in [6.45, 7) is 0. The Morgan fingerprint density at radius 3 is 2.89 bits per heavy atom. The topological polar surface area (TPSA) is 96.7 Å². The molecule has 8 heteroatoms. The minimum Gasteiger partial charge on any atom is -0.389 e. The van der Waals surface area contributed by atoms with E-state index in [1.165, 1.54) is 6.20 Å². The van der Waals surface area contributed by atoms with E-state index >= 15 is 0 Å². The molecule has 1 amide bonds. The van der Waals surface area contributed by atoms with Crippen molar-refractivity contribution in [3.63, 3.8) is 0 Å². The van der Waals surface area contributed by atoms with Gasteiger partial charge in [-0.2, -0.15) is 15.4 Å². The number of nitrogens with two attached hydrogens (primary N) is 1. The predicted molar refractivity (Wildman–Crippen MR) is 74.4 cm³/mol. The fraction of sp³-hybridized carbons (Fsp3) is 0. The number of hydrogen-bond acceptors (Lipinski definition) is 4. The van der Waals surface area contributed by atoms with Gasteiger partial charge in [0.2, 0.25) is 0 Å². The Morgan fingerprint density at radius 2 is 2.28 bits per heavy atom. The first-order valence-corrected chi connectivity index (χ1v) is 6.04. The number of anilines is 1. The summed E-state index contributed by atoms with van der Waals surface area (Å²) in [5, 5.41) is 12.3. The van der Waals surface area contributed by atoms with Gasteiger partial charge in [-0.1, -0.05) is 28.1 Å². The van der Waals surface area contributed by atoms with E-state index in [-0.39, 0.29) is 16.6 Å². The minimum absolute atomic E-state index is 0.187. The van der Waals surface area contributed by atoms with Gasteiger partial charge < -0.3 is 11.1 Å². The lowest BCUT2D eigenvalue weighted by molar-refractivity contribution is 0.102. The molecular weight excluding hydrogens is 318 g/mol. The molecule has 0 bridgehead atoms. The number of carbonyl (C=O) groups is 1. The van der Waals surface area contributed by atoms with Crippen molar-refractivity contribution in [1.29, 1.82) is 0 Å². The van der Waals surface area contributed by atoms with Crippen LogP contribution in [0.4, 0.5) is 5.69 Å². The van der Waals surface area contributed by atoms with Gasteiger partial charge in [0.15, 0.2) is 5.69 Å². The van der Waals surface area contributed by atoms with Crippen LogP contribution in [-0.2, 0) is 0 Å². The van der Waals surface area contributed by atoms with Gasteiger partial charge in [0.25, 0.3) is 5.91 Å². The van der Waals surface area contributed by atoms with Gasteiger partial charge in [0, 0.05) is 10.0 Å². The van der Waals surface area contributed by atoms with E-state index in [2.05, 4.69) is 36.7 Å². The Labute approximate surface area is 116 Å². The first-order chi connectivity index (χ1) is 8.58. The molecule has 2 rings (SSSR count). The highest BCUT2D eigenvalue weighted by molar-refractivity contribution is 9.10. The minimum atomic E-state index is -0.386. The van der Waals surface area contributed by atoms with Crippen LogP contribution in [0, 0.1) is 0 Å². The SMILES string of the molecule is NC(=S)c1cc(Br)ccc1NC(=O)c1cn[nH]n1. The van der Waals surface area contributed by atoms with Gasteiger partial charge in [-0.25, -0.2) is 0 Å². The van der Waals surface area contributed by atoms with Gasteiger partial charge in [-0.3, -0.25) is 4.79 Å². The summed E-state index contributed by atoms with van der Waals surface area (Å²) in [4.78, 5) is 12.0. The van der Waals surface area contributed by atoms with Crippen LogP contribution in [0.3, 0.4) is 0 Å². The van der Waals surface area contributed by atoms with Crippen LogP contribution in [0.15, 0.2) is 28.9 Å². The second-order valence-electron chi connectivity index (χ2n) is 3.36. The first kappa shape index (κ1) is 12.7. The number of aromatic amines is 1. The fourth-order valence-electron chi connectivity index (χ4n) is 1.33. The number of thiocarbonyl (C=S) groups is 1. The third-order valence-electron chi connectivity index (χ3n) is 2.14. The molecule has 0 saturated carbocycles. The third-order valence-corrected chi connectivity index (χ3v) is 2.86. The molecule has 0 unspecified atom stereocenters. The van der Waals surface area contributed by atoms with Crippen LogP contribution in [0.5, 0.6) is 0 Å². The number of amides is 1. The number of nitrogens with zero attached hydrogens (tertiary/aromatic N) is 2. The van der Waals surface area contributed by atoms with E-state index in [4.69, 9.17) is 18.0 Å². The lowest BCUT2D eigenvalue weighted by atomic mass is 10.1. The number of nitrogens with one attached hydrogen (secondary N) is 2. The van der Waals surface area contributed by atoms with E-state index in [1.54, 1.807) is 18.2 Å². The summed E-state index contributed by atoms with van der Waals surface area (Å²) in [6.07, 6.45) is 1.33. The van der Waals surface area contributed by atoms with Crippen molar-refractivity contribution in [1.82, 2.24) is 15.4 Å². The molecule has 2 aromatic rings. The third kappa shape index (κ3) is 2.71. The van der Waals surface area contributed by atoms with Gasteiger partial charge in [-0.15, -0.1) is 0 Å². The Hall–Kier alpha value is -1.80. The van der Waals surface area contributed by atoms with Crippen LogP contribution in [-0.4, -0.2) is 26.3 Å². The average molecular weight is 326 g/mol. The molecule has 0 aliphatic rings. The van der Waals surface area contributed by atoms with E-state index in [0.717, 1.165) is 4.47 Å². The van der Waals surface area contributed by atoms with Crippen molar-refractivity contribution >= 4 is 44.7 Å². The zero-order chi connectivity index (χ0) is 13.1. The molecule has 0 aliphatic heterocycles. The summed E-state index contributed by atoms with van der Waals surface area (Å²) in [7, 11) is 0. The van der Waals surface area contributed by atoms with E-state index in [1.807, 2.05) is 0 Å². The molecule has 1 heterocycles. The zero-order valence-electron chi connectivity index (χ0n) is 8.98. The summed E-state index contributed by atoms with van der Waals surface area (Å²) < 4.78 is 0.824. The number of hydrogen-bond donors (Lipinski definition) is 3. The summed E-state index contributed by atoms with van der Waals surface area (Å²) in [6, 6.07) is 5.22. The Kier molecular flexibility index (Phi) is 3.68. The predicted octanol–water partition coefficient (Wildman–Crippen LogP) is 1.45. The van der Waals surface area contributed by atoms with Crippen molar-refractivity contribution in [3.05, 3.63) is 40.1 Å². The Bertz CT molecular complexity index is 598. The molecule has 1 aromatic carbocycles. The fourth-order valence-corrected chi connectivity index (χ4v) is 1.86. The molecule has 0 atom stereocenters. The normalized spacial score (nSPS) is 10.1. The van der Waals surface area contributed by atoms with Crippen molar-refractivity contribution in [2.75, 3.05) is 5.32 Å². The Morgan fingerprint density at radius 1 is 1.50 bits per heavy atom. The molecule has 1 aromatic heterocycles. The number of halogens is 1. The monoisotopic (exact) mass is 325 g/mol. The zero-order valence-corrected chi connectivity index (χ0v) is 11.4. The summed E-state index contributed by atoms with van der Waals surface area (Å²) >= 11 is 8.25. The van der Waals surface area contributed by atoms with Crippen molar-refractivity contribution < 1.29 is 4.79 Å². The quantitative estimate of drug-likeness (QED) is 0.742. The molecule has 0 radical (unpaired) electrons. The van der Waals surface area contributed by atoms with Gasteiger partial charge in [-0.05, 0) is 18.2 Å². The molecular formula is C10H8BrN5OS. The molecule has 0 spiro atoms. The molecule has 0 saturated heterocycles. The highest BCUT2D eigenvalue weighted by Gasteiger charge is 2.12. The van der Waals surface area contributed by atoms with E-state index < -0.39 is 0 Å². The van der Waals surface area contributed by atoms with Crippen LogP contribution in [0.25, 0.3) is 0 Å². The number of rotatable bonds is 3. The van der Waals surface area contributed by atoms with Crippen molar-refractivity contribution in [2.45, 2.75) is 0 Å². The number of H-pyrrole nitrogens is 1. The van der Waals surface area contributed by atoms with Crippen LogP contribution < -0.4 is 11.1 Å². The Balaban J connectivity index is 2.29. The number of aromatic nitrogens is 3. The smallest absolute Gasteiger partial charge is 0.277 e. The maximum Gasteiger partial charge on any atom is 0.277 e. The van der Waals surface area contributed by atoms with E-state index in [0.29, 0.717) is 11.3 Å². The average Bonchev–Trinajstić information content (AvgIpc) is 2.84. The second-order valence-corrected chi connectivity index (χ2v) is 4.72. The van der Waals surface area contributed by atoms with Crippen LogP contribution >= 0.6 is 28.1 Å². The van der Waals surface area contributed by atoms with Gasteiger partial charge in [0.05, 0.1) is 11.9 Å². The molecule has 0 aliphatic carbocycles. The highest BCUT2D eigenvalue weighted by atomic mass is 79.9. The number of benzene rings is 1. The molecule has 4 N–H and O–H groups in total. The molecule has 18 heavy (non-hydrogen) atoms. The molecule has 0 fully saturated rings. The second kappa shape index (κ2) is 5.23. The standard InChI is InChI=1S/C10H8BrN5OS/c11-5-1-2-7(6(3-5)9(12)18)14-10(17)8-4-13-16-15-8/h1-4H,(H2,12,18)(H,14,17)(H,13,15,16). The van der Waals surface area contributed by atoms with Crippen molar-refractivity contribution in [3.8, 4) is 0 Å². The lowest BCUT2D eigenvalue weighted by Gasteiger charge is -2.09. The maximum absolute atomic E-state index is 11.8. The summed E-state index contributed by atoms with van der Waals surface area (Å²) in [5.41, 5.74) is 6.90. The molecule has 6 nitrogen and oxygen atoms in total. The maximum atomic E-state index is 11.8. The van der Waals surface area contributed by atoms with Gasteiger partial charge in [0.1, 0.15) is 4.99 Å². The van der Waals surface area contributed by atoms with Crippen LogP contribution in [0.2, 0.25) is 0 Å².